The SMILES string of the molecule is COC1CCC2(CC1)CC2CBr. The van der Waals surface area contributed by atoms with E-state index in [9.17, 15) is 0 Å². The molecule has 2 heteroatoms. The van der Waals surface area contributed by atoms with E-state index in [1.54, 1.807) is 0 Å². The Kier molecular flexibility index (Phi) is 2.48. The molecule has 0 heterocycles. The zero-order valence-electron chi connectivity index (χ0n) is 7.68. The highest BCUT2D eigenvalue weighted by Crippen LogP contribution is 2.61. The molecule has 70 valence electrons. The quantitative estimate of drug-likeness (QED) is 0.666. The summed E-state index contributed by atoms with van der Waals surface area (Å²) >= 11 is 3.59. The number of methoxy groups -OCH3 is 1. The summed E-state index contributed by atoms with van der Waals surface area (Å²) in [6, 6.07) is 0. The average molecular weight is 233 g/mol. The minimum absolute atomic E-state index is 0.562. The molecule has 12 heavy (non-hydrogen) atoms. The summed E-state index contributed by atoms with van der Waals surface area (Å²) < 4.78 is 5.37. The average Bonchev–Trinajstić information content (AvgIpc) is 2.81. The van der Waals surface area contributed by atoms with Crippen LogP contribution in [0, 0.1) is 11.3 Å². The minimum atomic E-state index is 0.562. The van der Waals surface area contributed by atoms with Crippen LogP contribution in [0.5, 0.6) is 0 Å². The lowest BCUT2D eigenvalue weighted by Gasteiger charge is -2.28. The first-order chi connectivity index (χ1) is 5.80. The molecule has 1 spiro atoms. The molecule has 2 saturated carbocycles. The van der Waals surface area contributed by atoms with E-state index < -0.39 is 0 Å². The predicted molar refractivity (Wildman–Crippen MR) is 53.6 cm³/mol. The Bertz CT molecular complexity index is 161. The third-order valence-corrected chi connectivity index (χ3v) is 4.59. The first-order valence-corrected chi connectivity index (χ1v) is 6.02. The van der Waals surface area contributed by atoms with Crippen molar-refractivity contribution in [3.63, 3.8) is 0 Å². The molecule has 1 atom stereocenters. The molecule has 0 saturated heterocycles. The highest BCUT2D eigenvalue weighted by molar-refractivity contribution is 9.09. The van der Waals surface area contributed by atoms with Crippen LogP contribution in [0.15, 0.2) is 0 Å². The monoisotopic (exact) mass is 232 g/mol. The van der Waals surface area contributed by atoms with Gasteiger partial charge in [-0.25, -0.2) is 0 Å². The summed E-state index contributed by atoms with van der Waals surface area (Å²) in [7, 11) is 1.84. The smallest absolute Gasteiger partial charge is 0.0571 e. The third-order valence-electron chi connectivity index (χ3n) is 3.81. The fourth-order valence-corrected chi connectivity index (χ4v) is 3.58. The molecule has 0 aromatic heterocycles. The van der Waals surface area contributed by atoms with E-state index in [1.165, 1.54) is 37.4 Å². The predicted octanol–water partition coefficient (Wildman–Crippen LogP) is 2.98. The molecular weight excluding hydrogens is 216 g/mol. The molecule has 0 N–H and O–H groups in total. The van der Waals surface area contributed by atoms with E-state index in [-0.39, 0.29) is 0 Å². The number of hydrogen-bond donors (Lipinski definition) is 0. The molecule has 2 rings (SSSR count). The van der Waals surface area contributed by atoms with Crippen LogP contribution in [0.1, 0.15) is 32.1 Å². The Morgan fingerprint density at radius 3 is 2.50 bits per heavy atom. The second-order valence-corrected chi connectivity index (χ2v) is 5.00. The van der Waals surface area contributed by atoms with Gasteiger partial charge in [0, 0.05) is 12.4 Å². The summed E-state index contributed by atoms with van der Waals surface area (Å²) in [6.07, 6.45) is 7.42. The molecule has 2 aliphatic carbocycles. The van der Waals surface area contributed by atoms with Crippen molar-refractivity contribution in [2.75, 3.05) is 12.4 Å². The third kappa shape index (κ3) is 1.44. The van der Waals surface area contributed by atoms with Gasteiger partial charge in [0.15, 0.2) is 0 Å². The van der Waals surface area contributed by atoms with Gasteiger partial charge in [0.25, 0.3) is 0 Å². The molecule has 2 aliphatic rings. The fourth-order valence-electron chi connectivity index (χ4n) is 2.66. The van der Waals surface area contributed by atoms with Crippen LogP contribution in [0.2, 0.25) is 0 Å². The molecule has 0 aromatic carbocycles. The van der Waals surface area contributed by atoms with Crippen molar-refractivity contribution >= 4 is 15.9 Å². The number of alkyl halides is 1. The standard InChI is InChI=1S/C10H17BrO/c1-12-9-2-4-10(5-3-9)6-8(10)7-11/h8-9H,2-7H2,1H3. The van der Waals surface area contributed by atoms with E-state index in [4.69, 9.17) is 4.74 Å². The van der Waals surface area contributed by atoms with Crippen LogP contribution in [0.25, 0.3) is 0 Å². The fraction of sp³-hybridized carbons (Fsp3) is 1.00. The Hall–Kier alpha value is 0.440. The number of halogens is 1. The van der Waals surface area contributed by atoms with Crippen LogP contribution < -0.4 is 0 Å². The van der Waals surface area contributed by atoms with Crippen molar-refractivity contribution in [2.45, 2.75) is 38.2 Å². The van der Waals surface area contributed by atoms with Gasteiger partial charge in [-0.2, -0.15) is 0 Å². The van der Waals surface area contributed by atoms with E-state index in [0.717, 1.165) is 11.3 Å². The largest absolute Gasteiger partial charge is 0.381 e. The van der Waals surface area contributed by atoms with Crippen molar-refractivity contribution in [1.82, 2.24) is 0 Å². The van der Waals surface area contributed by atoms with E-state index in [1.807, 2.05) is 7.11 Å². The lowest BCUT2D eigenvalue weighted by atomic mass is 9.83. The van der Waals surface area contributed by atoms with Gasteiger partial charge in [-0.1, -0.05) is 15.9 Å². The highest BCUT2D eigenvalue weighted by atomic mass is 79.9. The van der Waals surface area contributed by atoms with Gasteiger partial charge in [0.05, 0.1) is 6.10 Å². The lowest BCUT2D eigenvalue weighted by molar-refractivity contribution is 0.0499. The van der Waals surface area contributed by atoms with Gasteiger partial charge in [-0.15, -0.1) is 0 Å². The van der Waals surface area contributed by atoms with Crippen LogP contribution in [-0.2, 0) is 4.74 Å². The topological polar surface area (TPSA) is 9.23 Å². The molecule has 2 fully saturated rings. The van der Waals surface area contributed by atoms with Gasteiger partial charge in [-0.3, -0.25) is 0 Å². The number of hydrogen-bond acceptors (Lipinski definition) is 1. The van der Waals surface area contributed by atoms with Crippen LogP contribution >= 0.6 is 15.9 Å². The van der Waals surface area contributed by atoms with Crippen molar-refractivity contribution in [3.8, 4) is 0 Å². The Labute approximate surface area is 83.0 Å². The van der Waals surface area contributed by atoms with Crippen molar-refractivity contribution < 1.29 is 4.74 Å². The maximum Gasteiger partial charge on any atom is 0.0571 e. The zero-order chi connectivity index (χ0) is 8.60. The molecule has 0 bridgehead atoms. The summed E-state index contributed by atoms with van der Waals surface area (Å²) in [6.45, 7) is 0. The second-order valence-electron chi connectivity index (χ2n) is 4.35. The maximum absolute atomic E-state index is 5.37. The molecular formula is C10H17BrO. The Morgan fingerprint density at radius 1 is 1.42 bits per heavy atom. The maximum atomic E-state index is 5.37. The van der Waals surface area contributed by atoms with Crippen LogP contribution in [0.3, 0.4) is 0 Å². The molecule has 0 aromatic rings. The zero-order valence-corrected chi connectivity index (χ0v) is 9.27. The van der Waals surface area contributed by atoms with Crippen molar-refractivity contribution in [1.29, 1.82) is 0 Å². The van der Waals surface area contributed by atoms with Crippen LogP contribution in [-0.4, -0.2) is 18.5 Å². The molecule has 0 aliphatic heterocycles. The Balaban J connectivity index is 1.84. The summed E-state index contributed by atoms with van der Waals surface area (Å²) in [5, 5.41) is 1.21. The van der Waals surface area contributed by atoms with Gasteiger partial charge < -0.3 is 4.74 Å². The molecule has 0 amide bonds. The summed E-state index contributed by atoms with van der Waals surface area (Å²) in [4.78, 5) is 0. The summed E-state index contributed by atoms with van der Waals surface area (Å²) in [5.74, 6) is 0.982. The van der Waals surface area contributed by atoms with Crippen LogP contribution in [0.4, 0.5) is 0 Å². The molecule has 1 nitrogen and oxygen atoms in total. The van der Waals surface area contributed by atoms with Gasteiger partial charge in [0.1, 0.15) is 0 Å². The first kappa shape index (κ1) is 9.01. The van der Waals surface area contributed by atoms with Crippen molar-refractivity contribution in [2.24, 2.45) is 11.3 Å². The highest BCUT2D eigenvalue weighted by Gasteiger charge is 2.53. The van der Waals surface area contributed by atoms with Crippen molar-refractivity contribution in [3.05, 3.63) is 0 Å². The van der Waals surface area contributed by atoms with E-state index in [2.05, 4.69) is 15.9 Å². The van der Waals surface area contributed by atoms with E-state index in [0.29, 0.717) is 6.10 Å². The number of ether oxygens (including phenoxy) is 1. The molecule has 0 radical (unpaired) electrons. The number of rotatable bonds is 2. The van der Waals surface area contributed by atoms with Gasteiger partial charge >= 0.3 is 0 Å². The van der Waals surface area contributed by atoms with E-state index >= 15 is 0 Å². The normalized spacial score (nSPS) is 46.5. The van der Waals surface area contributed by atoms with Gasteiger partial charge in [-0.05, 0) is 43.4 Å². The minimum Gasteiger partial charge on any atom is -0.381 e. The first-order valence-electron chi connectivity index (χ1n) is 4.89. The molecule has 1 unspecified atom stereocenters. The summed E-state index contributed by atoms with van der Waals surface area (Å²) in [5.41, 5.74) is 0.749. The van der Waals surface area contributed by atoms with Gasteiger partial charge in [0.2, 0.25) is 0 Å². The lowest BCUT2D eigenvalue weighted by Crippen LogP contribution is -2.22. The second kappa shape index (κ2) is 3.30. The Morgan fingerprint density at radius 2 is 2.08 bits per heavy atom.